The summed E-state index contributed by atoms with van der Waals surface area (Å²) < 4.78 is 21.0. The molecule has 8 heteroatoms. The van der Waals surface area contributed by atoms with Crippen LogP contribution in [0.25, 0.3) is 10.6 Å². The molecule has 2 aromatic heterocycles. The van der Waals surface area contributed by atoms with E-state index in [-0.39, 0.29) is 19.1 Å². The molecule has 0 unspecified atom stereocenters. The quantitative estimate of drug-likeness (QED) is 0.649. The van der Waals surface area contributed by atoms with Gasteiger partial charge < -0.3 is 24.1 Å². The number of hydrogen-bond donors (Lipinski definition) is 1. The number of carbonyl (C=O) groups is 1. The summed E-state index contributed by atoms with van der Waals surface area (Å²) in [6.07, 6.45) is 0. The molecule has 0 saturated heterocycles. The van der Waals surface area contributed by atoms with Crippen molar-refractivity contribution < 1.29 is 23.5 Å². The summed E-state index contributed by atoms with van der Waals surface area (Å²) in [4.78, 5) is 13.0. The van der Waals surface area contributed by atoms with Crippen LogP contribution in [0.5, 0.6) is 11.5 Å². The van der Waals surface area contributed by atoms with Crippen LogP contribution in [0.3, 0.4) is 0 Å². The fourth-order valence-electron chi connectivity index (χ4n) is 2.25. The Hall–Kier alpha value is -2.84. The maximum atomic E-state index is 12.1. The van der Waals surface area contributed by atoms with Crippen molar-refractivity contribution in [3.05, 3.63) is 47.5 Å². The number of benzene rings is 1. The summed E-state index contributed by atoms with van der Waals surface area (Å²) in [6.45, 7) is 0.0679. The van der Waals surface area contributed by atoms with Crippen LogP contribution < -0.4 is 14.8 Å². The molecule has 1 N–H and O–H groups in total. The molecule has 0 aliphatic carbocycles. The second kappa shape index (κ2) is 8.50. The summed E-state index contributed by atoms with van der Waals surface area (Å²) in [5.74, 6) is 1.54. The number of ether oxygens (including phenoxy) is 3. The zero-order valence-corrected chi connectivity index (χ0v) is 15.2. The zero-order chi connectivity index (χ0) is 18.4. The Balaban J connectivity index is 1.50. The first-order chi connectivity index (χ1) is 12.7. The monoisotopic (exact) mass is 374 g/mol. The molecule has 136 valence electrons. The minimum atomic E-state index is -0.296. The first-order valence-electron chi connectivity index (χ1n) is 7.78. The lowest BCUT2D eigenvalue weighted by molar-refractivity contribution is -0.121. The van der Waals surface area contributed by atoms with Crippen molar-refractivity contribution >= 4 is 22.9 Å². The Morgan fingerprint density at radius 1 is 1.23 bits per heavy atom. The fraction of sp³-hybridized carbons (Fsp3) is 0.222. The molecule has 0 bridgehead atoms. The van der Waals surface area contributed by atoms with Crippen LogP contribution in [-0.4, -0.2) is 31.9 Å². The highest BCUT2D eigenvalue weighted by Gasteiger charge is 2.11. The predicted molar refractivity (Wildman–Crippen MR) is 97.6 cm³/mol. The molecule has 2 heterocycles. The fourth-order valence-corrected chi connectivity index (χ4v) is 2.92. The van der Waals surface area contributed by atoms with Crippen molar-refractivity contribution in [3.8, 4) is 22.1 Å². The van der Waals surface area contributed by atoms with Gasteiger partial charge in [0.25, 0.3) is 0 Å². The van der Waals surface area contributed by atoms with Crippen LogP contribution in [0, 0.1) is 0 Å². The first kappa shape index (κ1) is 18.0. The first-order valence-corrected chi connectivity index (χ1v) is 8.66. The normalized spacial score (nSPS) is 10.5. The lowest BCUT2D eigenvalue weighted by Crippen LogP contribution is -2.18. The van der Waals surface area contributed by atoms with Crippen LogP contribution >= 0.6 is 11.3 Å². The second-order valence-electron chi connectivity index (χ2n) is 5.27. The van der Waals surface area contributed by atoms with Crippen molar-refractivity contribution in [2.75, 3.05) is 26.1 Å². The highest BCUT2D eigenvalue weighted by atomic mass is 32.1. The lowest BCUT2D eigenvalue weighted by Gasteiger charge is -2.11. The molecule has 0 fully saturated rings. The van der Waals surface area contributed by atoms with Gasteiger partial charge in [-0.05, 0) is 23.6 Å². The maximum Gasteiger partial charge on any atom is 0.250 e. The highest BCUT2D eigenvalue weighted by Crippen LogP contribution is 2.29. The van der Waals surface area contributed by atoms with E-state index in [0.29, 0.717) is 28.6 Å². The predicted octanol–water partition coefficient (Wildman–Crippen LogP) is 3.58. The molecule has 0 atom stereocenters. The summed E-state index contributed by atoms with van der Waals surface area (Å²) in [7, 11) is 3.09. The number of rotatable bonds is 8. The van der Waals surface area contributed by atoms with Crippen molar-refractivity contribution in [1.82, 2.24) is 5.16 Å². The smallest absolute Gasteiger partial charge is 0.250 e. The number of methoxy groups -OCH3 is 2. The third-order valence-corrected chi connectivity index (χ3v) is 4.37. The molecular formula is C18H18N2O5S. The second-order valence-corrected chi connectivity index (χ2v) is 6.21. The van der Waals surface area contributed by atoms with E-state index in [0.717, 1.165) is 4.88 Å². The van der Waals surface area contributed by atoms with Crippen molar-refractivity contribution in [1.29, 1.82) is 0 Å². The Labute approximate surface area is 154 Å². The Kier molecular flexibility index (Phi) is 5.88. The Bertz CT molecular complexity index is 860. The summed E-state index contributed by atoms with van der Waals surface area (Å²) >= 11 is 1.57. The van der Waals surface area contributed by atoms with Crippen LogP contribution in [0.1, 0.15) is 5.69 Å². The molecule has 3 aromatic rings. The van der Waals surface area contributed by atoms with Gasteiger partial charge in [-0.3, -0.25) is 4.79 Å². The van der Waals surface area contributed by atoms with Crippen molar-refractivity contribution in [2.24, 2.45) is 0 Å². The third kappa shape index (κ3) is 4.41. The van der Waals surface area contributed by atoms with E-state index >= 15 is 0 Å². The van der Waals surface area contributed by atoms with Crippen molar-refractivity contribution in [2.45, 2.75) is 6.61 Å². The molecule has 1 aromatic carbocycles. The molecule has 3 rings (SSSR count). The van der Waals surface area contributed by atoms with E-state index in [4.69, 9.17) is 18.7 Å². The van der Waals surface area contributed by atoms with E-state index < -0.39 is 0 Å². The van der Waals surface area contributed by atoms with E-state index in [9.17, 15) is 4.79 Å². The number of anilines is 1. The van der Waals surface area contributed by atoms with Gasteiger partial charge >= 0.3 is 0 Å². The van der Waals surface area contributed by atoms with Gasteiger partial charge in [0.15, 0.2) is 5.76 Å². The van der Waals surface area contributed by atoms with Crippen LogP contribution in [0.4, 0.5) is 5.69 Å². The Morgan fingerprint density at radius 2 is 2.12 bits per heavy atom. The minimum absolute atomic E-state index is 0.115. The summed E-state index contributed by atoms with van der Waals surface area (Å²) in [5.41, 5.74) is 1.17. The number of nitrogens with zero attached hydrogens (tertiary/aromatic N) is 1. The van der Waals surface area contributed by atoms with Gasteiger partial charge in [-0.2, -0.15) is 0 Å². The average Bonchev–Trinajstić information content (AvgIpc) is 3.33. The molecular weight excluding hydrogens is 356 g/mol. The molecule has 0 spiro atoms. The number of thiophene rings is 1. The molecule has 0 aliphatic rings. The Morgan fingerprint density at radius 3 is 2.85 bits per heavy atom. The number of nitrogens with one attached hydrogen (secondary N) is 1. The molecule has 0 aliphatic heterocycles. The number of amides is 1. The molecule has 0 radical (unpaired) electrons. The van der Waals surface area contributed by atoms with E-state index in [1.54, 1.807) is 42.7 Å². The van der Waals surface area contributed by atoms with Gasteiger partial charge in [0, 0.05) is 12.1 Å². The molecule has 26 heavy (non-hydrogen) atoms. The number of hydrogen-bond acceptors (Lipinski definition) is 7. The SMILES string of the molecule is COc1ccc(NC(=O)COCc2cc(-c3cccs3)on2)c(OC)c1. The number of aromatic nitrogens is 1. The number of carbonyl (C=O) groups excluding carboxylic acids is 1. The maximum absolute atomic E-state index is 12.1. The van der Waals surface area contributed by atoms with Gasteiger partial charge in [-0.25, -0.2) is 0 Å². The highest BCUT2D eigenvalue weighted by molar-refractivity contribution is 7.13. The lowest BCUT2D eigenvalue weighted by atomic mass is 10.2. The molecule has 1 amide bonds. The molecule has 0 saturated carbocycles. The van der Waals surface area contributed by atoms with Crippen LogP contribution in [0.15, 0.2) is 46.3 Å². The summed E-state index contributed by atoms with van der Waals surface area (Å²) in [6, 6.07) is 10.8. The standard InChI is InChI=1S/C18H18N2O5S/c1-22-13-5-6-14(15(9-13)23-2)19-18(21)11-24-10-12-8-16(25-20-12)17-4-3-7-26-17/h3-9H,10-11H2,1-2H3,(H,19,21). The average molecular weight is 374 g/mol. The van der Waals surface area contributed by atoms with E-state index in [2.05, 4.69) is 10.5 Å². The topological polar surface area (TPSA) is 82.8 Å². The third-order valence-electron chi connectivity index (χ3n) is 3.49. The van der Waals surface area contributed by atoms with Gasteiger partial charge in [0.2, 0.25) is 5.91 Å². The van der Waals surface area contributed by atoms with E-state index in [1.807, 2.05) is 17.5 Å². The van der Waals surface area contributed by atoms with Gasteiger partial charge in [-0.15, -0.1) is 11.3 Å². The van der Waals surface area contributed by atoms with Gasteiger partial charge in [0.05, 0.1) is 31.4 Å². The van der Waals surface area contributed by atoms with E-state index in [1.165, 1.54) is 7.11 Å². The van der Waals surface area contributed by atoms with Crippen LogP contribution in [0.2, 0.25) is 0 Å². The molecule has 7 nitrogen and oxygen atoms in total. The largest absolute Gasteiger partial charge is 0.497 e. The van der Waals surface area contributed by atoms with Crippen LogP contribution in [-0.2, 0) is 16.1 Å². The van der Waals surface area contributed by atoms with Crippen molar-refractivity contribution in [3.63, 3.8) is 0 Å². The minimum Gasteiger partial charge on any atom is -0.497 e. The van der Waals surface area contributed by atoms with Gasteiger partial charge in [-0.1, -0.05) is 11.2 Å². The summed E-state index contributed by atoms with van der Waals surface area (Å²) in [5, 5.41) is 8.64. The zero-order valence-electron chi connectivity index (χ0n) is 14.4. The van der Waals surface area contributed by atoms with Gasteiger partial charge in [0.1, 0.15) is 23.8 Å².